The number of aromatic amines is 1. The lowest BCUT2D eigenvalue weighted by atomic mass is 10.2. The number of hydrogen-bond acceptors (Lipinski definition) is 4. The molecule has 3 rings (SSSR count). The van der Waals surface area contributed by atoms with Crippen LogP contribution in [0.1, 0.15) is 6.42 Å². The highest BCUT2D eigenvalue weighted by molar-refractivity contribution is 9.10. The summed E-state index contributed by atoms with van der Waals surface area (Å²) in [4.78, 5) is 12.1. The molecule has 9 heteroatoms. The van der Waals surface area contributed by atoms with Crippen molar-refractivity contribution in [1.29, 1.82) is 0 Å². The predicted octanol–water partition coefficient (Wildman–Crippen LogP) is 2.63. The SMILES string of the molecule is O=C(CCNS(=O)(=O)c1cccc(Br)c1)Nc1ccc2[nH]ncc2c1. The van der Waals surface area contributed by atoms with Gasteiger partial charge in [0.25, 0.3) is 0 Å². The van der Waals surface area contributed by atoms with Gasteiger partial charge in [0.2, 0.25) is 15.9 Å². The Bertz CT molecular complexity index is 1020. The van der Waals surface area contributed by atoms with E-state index >= 15 is 0 Å². The van der Waals surface area contributed by atoms with Crippen molar-refractivity contribution in [2.24, 2.45) is 0 Å². The molecule has 0 saturated heterocycles. The molecule has 0 fully saturated rings. The third-order valence-electron chi connectivity index (χ3n) is 3.47. The van der Waals surface area contributed by atoms with E-state index in [1.165, 1.54) is 12.1 Å². The lowest BCUT2D eigenvalue weighted by molar-refractivity contribution is -0.116. The standard InChI is InChI=1S/C16H15BrN4O3S/c17-12-2-1-3-14(9-12)25(23,24)19-7-6-16(22)20-13-4-5-15-11(8-13)10-18-21-15/h1-5,8-10,19H,6-7H2,(H,18,21)(H,20,22). The van der Waals surface area contributed by atoms with Crippen molar-refractivity contribution in [3.05, 3.63) is 53.1 Å². The maximum absolute atomic E-state index is 12.2. The Balaban J connectivity index is 1.55. The van der Waals surface area contributed by atoms with Crippen molar-refractivity contribution in [3.8, 4) is 0 Å². The number of sulfonamides is 1. The predicted molar refractivity (Wildman–Crippen MR) is 98.7 cm³/mol. The normalized spacial score (nSPS) is 11.6. The van der Waals surface area contributed by atoms with Crippen LogP contribution in [0.3, 0.4) is 0 Å². The van der Waals surface area contributed by atoms with Crippen LogP contribution >= 0.6 is 15.9 Å². The minimum absolute atomic E-state index is 0.00857. The van der Waals surface area contributed by atoms with Gasteiger partial charge in [-0.05, 0) is 36.4 Å². The highest BCUT2D eigenvalue weighted by Crippen LogP contribution is 2.17. The van der Waals surface area contributed by atoms with Gasteiger partial charge in [0.1, 0.15) is 0 Å². The summed E-state index contributed by atoms with van der Waals surface area (Å²) < 4.78 is 27.4. The summed E-state index contributed by atoms with van der Waals surface area (Å²) in [5.74, 6) is -0.278. The molecule has 25 heavy (non-hydrogen) atoms. The Kier molecular flexibility index (Phi) is 5.16. The van der Waals surface area contributed by atoms with Crippen molar-refractivity contribution in [1.82, 2.24) is 14.9 Å². The van der Waals surface area contributed by atoms with Crippen LogP contribution in [0.25, 0.3) is 10.9 Å². The molecule has 1 heterocycles. The van der Waals surface area contributed by atoms with Gasteiger partial charge in [0.05, 0.1) is 16.6 Å². The molecule has 2 aromatic carbocycles. The monoisotopic (exact) mass is 422 g/mol. The first kappa shape index (κ1) is 17.6. The Hall–Kier alpha value is -2.23. The summed E-state index contributed by atoms with van der Waals surface area (Å²) >= 11 is 3.23. The molecule has 0 unspecified atom stereocenters. The molecule has 0 aliphatic rings. The zero-order valence-electron chi connectivity index (χ0n) is 13.0. The first-order valence-electron chi connectivity index (χ1n) is 7.42. The summed E-state index contributed by atoms with van der Waals surface area (Å²) in [5.41, 5.74) is 1.51. The highest BCUT2D eigenvalue weighted by atomic mass is 79.9. The van der Waals surface area contributed by atoms with Crippen LogP contribution in [-0.2, 0) is 14.8 Å². The van der Waals surface area contributed by atoms with E-state index in [0.29, 0.717) is 10.2 Å². The van der Waals surface area contributed by atoms with Gasteiger partial charge >= 0.3 is 0 Å². The molecule has 0 atom stereocenters. The highest BCUT2D eigenvalue weighted by Gasteiger charge is 2.14. The van der Waals surface area contributed by atoms with Crippen LogP contribution in [-0.4, -0.2) is 31.1 Å². The van der Waals surface area contributed by atoms with Crippen molar-refractivity contribution >= 4 is 48.5 Å². The molecular formula is C16H15BrN4O3S. The number of H-pyrrole nitrogens is 1. The van der Waals surface area contributed by atoms with Crippen LogP contribution in [0.2, 0.25) is 0 Å². The second-order valence-electron chi connectivity index (χ2n) is 5.33. The molecule has 7 nitrogen and oxygen atoms in total. The number of aromatic nitrogens is 2. The number of halogens is 1. The van der Waals surface area contributed by atoms with E-state index in [-0.39, 0.29) is 23.8 Å². The quantitative estimate of drug-likeness (QED) is 0.567. The van der Waals surface area contributed by atoms with Gasteiger partial charge in [-0.25, -0.2) is 13.1 Å². The number of nitrogens with one attached hydrogen (secondary N) is 3. The van der Waals surface area contributed by atoms with E-state index in [4.69, 9.17) is 0 Å². The molecule has 0 spiro atoms. The van der Waals surface area contributed by atoms with Crippen LogP contribution in [0.5, 0.6) is 0 Å². The summed E-state index contributed by atoms with van der Waals surface area (Å²) in [6.45, 7) is 0.00857. The molecule has 0 radical (unpaired) electrons. The zero-order valence-corrected chi connectivity index (χ0v) is 15.4. The van der Waals surface area contributed by atoms with E-state index < -0.39 is 10.0 Å². The third-order valence-corrected chi connectivity index (χ3v) is 5.43. The fourth-order valence-corrected chi connectivity index (χ4v) is 3.89. The molecule has 0 saturated carbocycles. The van der Waals surface area contributed by atoms with E-state index in [2.05, 4.69) is 36.2 Å². The third kappa shape index (κ3) is 4.44. The van der Waals surface area contributed by atoms with Crippen molar-refractivity contribution < 1.29 is 13.2 Å². The molecule has 0 bridgehead atoms. The van der Waals surface area contributed by atoms with Crippen LogP contribution in [0, 0.1) is 0 Å². The van der Waals surface area contributed by atoms with Gasteiger partial charge in [-0.3, -0.25) is 9.89 Å². The number of benzene rings is 2. The first-order valence-corrected chi connectivity index (χ1v) is 9.70. The molecule has 1 amide bonds. The van der Waals surface area contributed by atoms with Crippen molar-refractivity contribution in [3.63, 3.8) is 0 Å². The van der Waals surface area contributed by atoms with Gasteiger partial charge in [0.15, 0.2) is 0 Å². The minimum atomic E-state index is -3.64. The lowest BCUT2D eigenvalue weighted by Crippen LogP contribution is -2.27. The maximum Gasteiger partial charge on any atom is 0.240 e. The average Bonchev–Trinajstić information content (AvgIpc) is 3.02. The van der Waals surface area contributed by atoms with Gasteiger partial charge in [-0.1, -0.05) is 22.0 Å². The Morgan fingerprint density at radius 3 is 2.84 bits per heavy atom. The van der Waals surface area contributed by atoms with Gasteiger partial charge in [-0.2, -0.15) is 5.10 Å². The molecule has 0 aliphatic carbocycles. The molecular weight excluding hydrogens is 408 g/mol. The zero-order chi connectivity index (χ0) is 17.9. The number of carbonyl (C=O) groups is 1. The van der Waals surface area contributed by atoms with Gasteiger partial charge in [0, 0.05) is 28.5 Å². The average molecular weight is 423 g/mol. The molecule has 1 aromatic heterocycles. The van der Waals surface area contributed by atoms with Crippen LogP contribution in [0.15, 0.2) is 58.0 Å². The number of fused-ring (bicyclic) bond motifs is 1. The van der Waals surface area contributed by atoms with Gasteiger partial charge < -0.3 is 5.32 Å². The largest absolute Gasteiger partial charge is 0.326 e. The maximum atomic E-state index is 12.2. The number of rotatable bonds is 6. The fraction of sp³-hybridized carbons (Fsp3) is 0.125. The molecule has 130 valence electrons. The second-order valence-corrected chi connectivity index (χ2v) is 8.01. The van der Waals surface area contributed by atoms with E-state index in [0.717, 1.165) is 10.9 Å². The number of amides is 1. The first-order chi connectivity index (χ1) is 11.9. The van der Waals surface area contributed by atoms with E-state index in [1.807, 2.05) is 6.07 Å². The smallest absolute Gasteiger partial charge is 0.240 e. The fourth-order valence-electron chi connectivity index (χ4n) is 2.26. The molecule has 0 aliphatic heterocycles. The summed E-state index contributed by atoms with van der Waals surface area (Å²) in [5, 5.41) is 10.4. The topological polar surface area (TPSA) is 104 Å². The number of anilines is 1. The van der Waals surface area contributed by atoms with Crippen molar-refractivity contribution in [2.45, 2.75) is 11.3 Å². The Labute approximate surface area is 153 Å². The van der Waals surface area contributed by atoms with Crippen molar-refractivity contribution in [2.75, 3.05) is 11.9 Å². The summed E-state index contributed by atoms with van der Waals surface area (Å²) in [7, 11) is -3.64. The molecule has 3 aromatic rings. The summed E-state index contributed by atoms with van der Waals surface area (Å²) in [6, 6.07) is 11.7. The minimum Gasteiger partial charge on any atom is -0.326 e. The van der Waals surface area contributed by atoms with Crippen LogP contribution in [0.4, 0.5) is 5.69 Å². The number of nitrogens with zero attached hydrogens (tertiary/aromatic N) is 1. The Morgan fingerprint density at radius 1 is 1.20 bits per heavy atom. The van der Waals surface area contributed by atoms with E-state index in [9.17, 15) is 13.2 Å². The number of carbonyl (C=O) groups excluding carboxylic acids is 1. The second kappa shape index (κ2) is 7.34. The van der Waals surface area contributed by atoms with E-state index in [1.54, 1.807) is 30.5 Å². The Morgan fingerprint density at radius 2 is 2.04 bits per heavy atom. The van der Waals surface area contributed by atoms with Gasteiger partial charge in [-0.15, -0.1) is 0 Å². The lowest BCUT2D eigenvalue weighted by Gasteiger charge is -2.08. The number of hydrogen-bond donors (Lipinski definition) is 3. The van der Waals surface area contributed by atoms with Crippen LogP contribution < -0.4 is 10.0 Å². The summed E-state index contributed by atoms with van der Waals surface area (Å²) in [6.07, 6.45) is 1.69. The molecule has 3 N–H and O–H groups in total.